The van der Waals surface area contributed by atoms with Crippen LogP contribution in [0.2, 0.25) is 0 Å². The molecule has 7 nitrogen and oxygen atoms in total. The van der Waals surface area contributed by atoms with Crippen molar-refractivity contribution in [2.24, 2.45) is 0 Å². The molecule has 2 aromatic heterocycles. The van der Waals surface area contributed by atoms with E-state index in [1.165, 1.54) is 13.1 Å². The van der Waals surface area contributed by atoms with Crippen molar-refractivity contribution in [3.63, 3.8) is 0 Å². The highest BCUT2D eigenvalue weighted by atomic mass is 32.2. The molecule has 94 valence electrons. The van der Waals surface area contributed by atoms with E-state index < -0.39 is 15.1 Å². The fraction of sp³-hybridized carbons (Fsp3) is 0.300. The van der Waals surface area contributed by atoms with E-state index in [1.54, 1.807) is 6.07 Å². The van der Waals surface area contributed by atoms with Crippen molar-refractivity contribution in [1.29, 1.82) is 5.26 Å². The third-order valence-corrected chi connectivity index (χ3v) is 3.99. The Morgan fingerprint density at radius 2 is 2.28 bits per heavy atom. The molecule has 0 bridgehead atoms. The van der Waals surface area contributed by atoms with Crippen LogP contribution in [0.1, 0.15) is 23.6 Å². The predicted molar refractivity (Wildman–Crippen MR) is 62.1 cm³/mol. The maximum Gasteiger partial charge on any atom is 0.274 e. The Morgan fingerprint density at radius 1 is 1.56 bits per heavy atom. The molecule has 0 fully saturated rings. The summed E-state index contributed by atoms with van der Waals surface area (Å²) in [7, 11) is -3.27. The van der Waals surface area contributed by atoms with Crippen LogP contribution in [-0.4, -0.2) is 29.8 Å². The molecule has 0 saturated carbocycles. The van der Waals surface area contributed by atoms with E-state index in [2.05, 4.69) is 15.1 Å². The molecule has 2 heterocycles. The summed E-state index contributed by atoms with van der Waals surface area (Å²) in [5.74, 6) is 0.252. The Kier molecular flexibility index (Phi) is 2.92. The molecule has 0 radical (unpaired) electrons. The minimum atomic E-state index is -3.27. The van der Waals surface area contributed by atoms with Gasteiger partial charge in [-0.05, 0) is 13.0 Å². The minimum Gasteiger partial charge on any atom is -0.356 e. The van der Waals surface area contributed by atoms with Crippen molar-refractivity contribution in [3.8, 4) is 17.7 Å². The van der Waals surface area contributed by atoms with Crippen LogP contribution in [0.5, 0.6) is 0 Å². The summed E-state index contributed by atoms with van der Waals surface area (Å²) >= 11 is 0. The van der Waals surface area contributed by atoms with Crippen LogP contribution in [-0.2, 0) is 9.84 Å². The number of H-pyrrole nitrogens is 1. The van der Waals surface area contributed by atoms with E-state index in [0.717, 1.165) is 6.26 Å². The molecule has 0 aromatic carbocycles. The van der Waals surface area contributed by atoms with Crippen LogP contribution < -0.4 is 0 Å². The molecule has 1 unspecified atom stereocenters. The molecule has 1 N–H and O–H groups in total. The summed E-state index contributed by atoms with van der Waals surface area (Å²) in [6.07, 6.45) is 2.61. The first kappa shape index (κ1) is 12.3. The lowest BCUT2D eigenvalue weighted by Crippen LogP contribution is -2.09. The van der Waals surface area contributed by atoms with Gasteiger partial charge in [0.05, 0.1) is 5.56 Å². The Balaban J connectivity index is 2.34. The molecule has 0 aliphatic heterocycles. The van der Waals surface area contributed by atoms with Gasteiger partial charge < -0.3 is 9.51 Å². The Labute approximate surface area is 103 Å². The predicted octanol–water partition coefficient (Wildman–Crippen LogP) is 1.04. The minimum absolute atomic E-state index is 0.0978. The van der Waals surface area contributed by atoms with Gasteiger partial charge in [-0.3, -0.25) is 0 Å². The average Bonchev–Trinajstić information content (AvgIpc) is 2.95. The lowest BCUT2D eigenvalue weighted by molar-refractivity contribution is 0.421. The first-order valence-corrected chi connectivity index (χ1v) is 6.98. The standard InChI is InChI=1S/C10H10N4O3S/c1-6(18(2,15)16)9-13-10(17-14-9)8-3-7(4-11)5-12-8/h3,5-6,12H,1-2H3. The van der Waals surface area contributed by atoms with E-state index in [9.17, 15) is 8.42 Å². The molecule has 2 rings (SSSR count). The number of rotatable bonds is 3. The lowest BCUT2D eigenvalue weighted by Gasteiger charge is -2.01. The molecule has 2 aromatic rings. The molecule has 0 spiro atoms. The second-order valence-corrected chi connectivity index (χ2v) is 6.21. The maximum atomic E-state index is 11.4. The molecule has 18 heavy (non-hydrogen) atoms. The zero-order chi connectivity index (χ0) is 13.3. The van der Waals surface area contributed by atoms with Crippen molar-refractivity contribution in [3.05, 3.63) is 23.7 Å². The van der Waals surface area contributed by atoms with Crippen LogP contribution >= 0.6 is 0 Å². The molecule has 1 atom stereocenters. The van der Waals surface area contributed by atoms with Gasteiger partial charge in [-0.2, -0.15) is 10.2 Å². The van der Waals surface area contributed by atoms with Gasteiger partial charge in [-0.1, -0.05) is 5.16 Å². The number of nitrogens with zero attached hydrogens (tertiary/aromatic N) is 3. The van der Waals surface area contributed by atoms with E-state index in [0.29, 0.717) is 11.3 Å². The smallest absolute Gasteiger partial charge is 0.274 e. The Bertz CT molecular complexity index is 708. The first-order valence-electron chi connectivity index (χ1n) is 5.03. The summed E-state index contributed by atoms with van der Waals surface area (Å²) in [5, 5.41) is 11.5. The normalized spacial score (nSPS) is 13.2. The van der Waals surface area contributed by atoms with Crippen LogP contribution in [0.25, 0.3) is 11.6 Å². The Hall–Kier alpha value is -2.14. The van der Waals surface area contributed by atoms with Gasteiger partial charge in [0.15, 0.2) is 15.7 Å². The summed E-state index contributed by atoms with van der Waals surface area (Å²) < 4.78 is 27.7. The monoisotopic (exact) mass is 266 g/mol. The van der Waals surface area contributed by atoms with Gasteiger partial charge in [-0.25, -0.2) is 8.42 Å². The number of aromatic amines is 1. The lowest BCUT2D eigenvalue weighted by atomic mass is 10.3. The average molecular weight is 266 g/mol. The van der Waals surface area contributed by atoms with Crippen LogP contribution in [0.3, 0.4) is 0 Å². The van der Waals surface area contributed by atoms with Crippen molar-refractivity contribution >= 4 is 9.84 Å². The molecule has 0 amide bonds. The third kappa shape index (κ3) is 2.26. The van der Waals surface area contributed by atoms with E-state index in [-0.39, 0.29) is 11.7 Å². The Morgan fingerprint density at radius 3 is 2.83 bits per heavy atom. The number of hydrogen-bond acceptors (Lipinski definition) is 6. The fourth-order valence-electron chi connectivity index (χ4n) is 1.28. The molecule has 0 saturated heterocycles. The highest BCUT2D eigenvalue weighted by Gasteiger charge is 2.23. The third-order valence-electron chi connectivity index (χ3n) is 2.49. The summed E-state index contributed by atoms with van der Waals surface area (Å²) in [5.41, 5.74) is 0.909. The van der Waals surface area contributed by atoms with E-state index >= 15 is 0 Å². The van der Waals surface area contributed by atoms with E-state index in [4.69, 9.17) is 9.78 Å². The van der Waals surface area contributed by atoms with Gasteiger partial charge >= 0.3 is 0 Å². The second-order valence-electron chi connectivity index (χ2n) is 3.84. The number of sulfone groups is 1. The number of nitriles is 1. The van der Waals surface area contributed by atoms with Gasteiger partial charge in [0.1, 0.15) is 17.0 Å². The SMILES string of the molecule is CC(c1noc(-c2cc(C#N)c[nH]2)n1)S(C)(=O)=O. The van der Waals surface area contributed by atoms with Gasteiger partial charge in [-0.15, -0.1) is 0 Å². The van der Waals surface area contributed by atoms with E-state index in [1.807, 2.05) is 6.07 Å². The van der Waals surface area contributed by atoms with Crippen molar-refractivity contribution in [2.75, 3.05) is 6.26 Å². The maximum absolute atomic E-state index is 11.4. The highest BCUT2D eigenvalue weighted by molar-refractivity contribution is 7.90. The summed E-state index contributed by atoms with van der Waals surface area (Å²) in [4.78, 5) is 6.79. The van der Waals surface area contributed by atoms with Gasteiger partial charge in [0.25, 0.3) is 5.89 Å². The van der Waals surface area contributed by atoms with Gasteiger partial charge in [0.2, 0.25) is 0 Å². The van der Waals surface area contributed by atoms with Crippen molar-refractivity contribution < 1.29 is 12.9 Å². The number of hydrogen-bond donors (Lipinski definition) is 1. The summed E-state index contributed by atoms with van der Waals surface area (Å²) in [6.45, 7) is 1.49. The van der Waals surface area contributed by atoms with Crippen LogP contribution in [0, 0.1) is 11.3 Å². The molecule has 0 aliphatic rings. The topological polar surface area (TPSA) is 113 Å². The largest absolute Gasteiger partial charge is 0.356 e. The van der Waals surface area contributed by atoms with Crippen molar-refractivity contribution in [2.45, 2.75) is 12.2 Å². The number of nitrogens with one attached hydrogen (secondary N) is 1. The first-order chi connectivity index (χ1) is 8.41. The quantitative estimate of drug-likeness (QED) is 0.888. The molecule has 8 heteroatoms. The molecule has 0 aliphatic carbocycles. The van der Waals surface area contributed by atoms with Crippen LogP contribution in [0.15, 0.2) is 16.8 Å². The fourth-order valence-corrected chi connectivity index (χ4v) is 1.76. The van der Waals surface area contributed by atoms with Gasteiger partial charge in [0, 0.05) is 12.5 Å². The number of aromatic nitrogens is 3. The zero-order valence-corrected chi connectivity index (χ0v) is 10.5. The molecular weight excluding hydrogens is 256 g/mol. The second kappa shape index (κ2) is 4.27. The summed E-state index contributed by atoms with van der Waals surface area (Å²) in [6, 6.07) is 3.50. The molecular formula is C10H10N4O3S. The van der Waals surface area contributed by atoms with Crippen LogP contribution in [0.4, 0.5) is 0 Å². The highest BCUT2D eigenvalue weighted by Crippen LogP contribution is 2.22. The zero-order valence-electron chi connectivity index (χ0n) is 9.71. The van der Waals surface area contributed by atoms with Crippen molar-refractivity contribution in [1.82, 2.24) is 15.1 Å².